The number of nitrogens with zero attached hydrogens (tertiary/aromatic N) is 2. The second-order valence-corrected chi connectivity index (χ2v) is 17.3. The quantitative estimate of drug-likeness (QED) is 0.122. The Hall–Kier alpha value is -7.40. The molecule has 9 aromatic carbocycles. The molecule has 0 aliphatic heterocycles. The maximum Gasteiger partial charge on any atom is 0.179 e. The molecule has 0 fully saturated rings. The van der Waals surface area contributed by atoms with Crippen LogP contribution < -0.4 is 20.7 Å². The second kappa shape index (κ2) is 12.8. The molecule has 0 bridgehead atoms. The summed E-state index contributed by atoms with van der Waals surface area (Å²) in [6.07, 6.45) is 0. The molecule has 0 N–H and O–H groups in total. The summed E-state index contributed by atoms with van der Waals surface area (Å²) >= 11 is 0. The van der Waals surface area contributed by atoms with Gasteiger partial charge >= 0.3 is 0 Å². The Morgan fingerprint density at radius 1 is 0.431 bits per heavy atom. The highest BCUT2D eigenvalue weighted by molar-refractivity contribution is 7.19. The summed E-state index contributed by atoms with van der Waals surface area (Å²) in [7, 11) is -6.14. The molecule has 0 atom stereocenters. The Bertz CT molecular complexity index is 4350. The fraction of sp³-hybridized carbons (Fsp3) is 0. The molecule has 0 aliphatic rings. The number of benzene rings is 9. The third kappa shape index (κ3) is 4.61. The van der Waals surface area contributed by atoms with Gasteiger partial charge in [-0.2, -0.15) is 0 Å². The molecular formula is C54H36N2OSi. The first-order valence-electron chi connectivity index (χ1n) is 27.9. The molecule has 0 radical (unpaired) electrons. The molecule has 0 saturated carbocycles. The molecule has 3 aromatic heterocycles. The van der Waals surface area contributed by atoms with Crippen LogP contribution in [0, 0.1) is 0 Å². The lowest BCUT2D eigenvalue weighted by molar-refractivity contribution is 0.666. The average molecular weight is 776 g/mol. The van der Waals surface area contributed by atoms with Crippen molar-refractivity contribution in [2.75, 3.05) is 0 Å². The molecule has 0 spiro atoms. The zero-order chi connectivity index (χ0) is 54.7. The first kappa shape index (κ1) is 19.2. The molecule has 12 rings (SSSR count). The fourth-order valence-corrected chi connectivity index (χ4v) is 12.2. The maximum atomic E-state index is 10.7. The lowest BCUT2D eigenvalue weighted by atomic mass is 10.1. The van der Waals surface area contributed by atoms with Crippen molar-refractivity contribution >= 4 is 94.4 Å². The Balaban J connectivity index is 1.36. The fourth-order valence-electron chi connectivity index (χ4n) is 8.60. The summed E-state index contributed by atoms with van der Waals surface area (Å²) in [4.78, 5) is 0. The largest absolute Gasteiger partial charge is 0.454 e. The van der Waals surface area contributed by atoms with Crippen molar-refractivity contribution < 1.29 is 30.5 Å². The number of aromatic nitrogens is 2. The molecule has 4 heteroatoms. The molecule has 3 heterocycles. The first-order valence-corrected chi connectivity index (χ1v) is 20.4. The molecule has 3 nitrogen and oxygen atoms in total. The highest BCUT2D eigenvalue weighted by Gasteiger charge is 2.41. The van der Waals surface area contributed by atoms with E-state index >= 15 is 0 Å². The van der Waals surface area contributed by atoms with Crippen molar-refractivity contribution in [2.24, 2.45) is 0 Å². The summed E-state index contributed by atoms with van der Waals surface area (Å²) < 4.78 is 189. The molecule has 58 heavy (non-hydrogen) atoms. The SMILES string of the molecule is [2H]c1c([2H])c([2H])c([Si](c2c([2H])c([2H])c([2H])c([2H])c2[2H])(c2c([2H])c([2H])c([2H])c([2H])c2[2H])c2c([2H])c([2H])c([2H])c(-n3c4ccccc4c4cc(-n5c6ccccc6c6ccccc65)c5oc6ccccc6c5c43)c2[2H])c([2H])c1[2H]. The van der Waals surface area contributed by atoms with Gasteiger partial charge in [0.05, 0.1) is 59.2 Å². The minimum Gasteiger partial charge on any atom is -0.454 e. The van der Waals surface area contributed by atoms with Gasteiger partial charge in [-0.1, -0.05) is 176 Å². The van der Waals surface area contributed by atoms with Gasteiger partial charge in [0.1, 0.15) is 5.58 Å². The van der Waals surface area contributed by atoms with Gasteiger partial charge in [0.15, 0.2) is 13.7 Å². The van der Waals surface area contributed by atoms with Crippen molar-refractivity contribution in [3.8, 4) is 11.4 Å². The van der Waals surface area contributed by atoms with Gasteiger partial charge in [0.25, 0.3) is 0 Å². The van der Waals surface area contributed by atoms with Crippen LogP contribution in [0.15, 0.2) is 222 Å². The van der Waals surface area contributed by atoms with E-state index in [4.69, 9.17) is 16.8 Å². The zero-order valence-electron chi connectivity index (χ0n) is 49.1. The highest BCUT2D eigenvalue weighted by Crippen LogP contribution is 2.45. The monoisotopic (exact) mass is 775 g/mol. The summed E-state index contributed by atoms with van der Waals surface area (Å²) in [6.45, 7) is 0. The maximum absolute atomic E-state index is 10.7. The van der Waals surface area contributed by atoms with Gasteiger partial charge < -0.3 is 13.6 Å². The van der Waals surface area contributed by atoms with Gasteiger partial charge in [-0.25, -0.2) is 0 Å². The number of hydrogen-bond donors (Lipinski definition) is 0. The van der Waals surface area contributed by atoms with Crippen molar-refractivity contribution in [1.29, 1.82) is 0 Å². The van der Waals surface area contributed by atoms with Crippen molar-refractivity contribution in [2.45, 2.75) is 0 Å². The average Bonchev–Trinajstić information content (AvgIpc) is 3.91. The minimum absolute atomic E-state index is 0.321. The van der Waals surface area contributed by atoms with Gasteiger partial charge in [-0.3, -0.25) is 0 Å². The minimum atomic E-state index is -6.14. The topological polar surface area (TPSA) is 23.0 Å². The Labute approximate surface area is 363 Å². The smallest absolute Gasteiger partial charge is 0.179 e. The van der Waals surface area contributed by atoms with E-state index < -0.39 is 149 Å². The molecule has 272 valence electrons. The van der Waals surface area contributed by atoms with E-state index in [-0.39, 0.29) is 0 Å². The van der Waals surface area contributed by atoms with E-state index in [1.807, 2.05) is 72.8 Å². The molecule has 0 amide bonds. The van der Waals surface area contributed by atoms with E-state index in [2.05, 4.69) is 4.57 Å². The van der Waals surface area contributed by atoms with Crippen LogP contribution in [0.3, 0.4) is 0 Å². The van der Waals surface area contributed by atoms with Crippen LogP contribution in [0.5, 0.6) is 0 Å². The number of rotatable bonds is 6. The van der Waals surface area contributed by atoms with E-state index in [1.54, 1.807) is 30.3 Å². The van der Waals surface area contributed by atoms with E-state index in [0.717, 1.165) is 21.8 Å². The number of fused-ring (bicyclic) bond motifs is 10. The van der Waals surface area contributed by atoms with Gasteiger partial charge in [0.2, 0.25) is 0 Å². The van der Waals surface area contributed by atoms with Crippen LogP contribution in [0.2, 0.25) is 0 Å². The van der Waals surface area contributed by atoms with Gasteiger partial charge in [0, 0.05) is 32.6 Å². The van der Waals surface area contributed by atoms with Crippen LogP contribution in [0.4, 0.5) is 0 Å². The first-order chi connectivity index (χ1) is 36.7. The lowest BCUT2D eigenvalue weighted by Gasteiger charge is -2.34. The normalized spacial score (nSPS) is 16.7. The molecule has 0 aliphatic carbocycles. The third-order valence-corrected chi connectivity index (χ3v) is 14.9. The summed E-state index contributed by atoms with van der Waals surface area (Å²) in [5, 5.41) is 0.454. The number of furan rings is 1. The van der Waals surface area contributed by atoms with Crippen LogP contribution in [-0.2, 0) is 0 Å². The zero-order valence-corrected chi connectivity index (χ0v) is 31.1. The summed E-state index contributed by atoms with van der Waals surface area (Å²) in [6, 6.07) is 12.7. The summed E-state index contributed by atoms with van der Waals surface area (Å²) in [5.74, 6) is 0. The van der Waals surface area contributed by atoms with E-state index in [0.29, 0.717) is 49.4 Å². The van der Waals surface area contributed by atoms with Crippen molar-refractivity contribution in [3.05, 3.63) is 218 Å². The second-order valence-electron chi connectivity index (χ2n) is 13.8. The Morgan fingerprint density at radius 3 is 1.47 bits per heavy atom. The number of hydrogen-bond acceptors (Lipinski definition) is 1. The molecular weight excluding hydrogens is 721 g/mol. The van der Waals surface area contributed by atoms with Gasteiger partial charge in [-0.15, -0.1) is 0 Å². The van der Waals surface area contributed by atoms with E-state index in [1.165, 1.54) is 4.57 Å². The van der Waals surface area contributed by atoms with Crippen molar-refractivity contribution in [3.63, 3.8) is 0 Å². The molecule has 0 saturated heterocycles. The standard InChI is InChI=1S/C54H36N2OSi/c1-4-20-38(21-5-1)58(39-22-6-2-7-23-39,40-24-8-3-9-25-40)41-26-18-19-37(35-41)55-47-31-14-12-29-44(47)46-36-50(54-52(53(46)55)45-30-13-17-34-51(45)57-54)56-48-32-15-10-27-42(48)43-28-11-16-33-49(43)56/h1-36H/i1D,2D,3D,4D,5D,6D,7D,8D,9D,18D,19D,20D,21D,22D,23D,24D,25D,26D,35D. The summed E-state index contributed by atoms with van der Waals surface area (Å²) in [5.41, 5.74) is 3.31. The van der Waals surface area contributed by atoms with Crippen LogP contribution in [-0.4, -0.2) is 17.2 Å². The predicted molar refractivity (Wildman–Crippen MR) is 246 cm³/mol. The molecule has 0 unspecified atom stereocenters. The number of para-hydroxylation sites is 4. The van der Waals surface area contributed by atoms with Gasteiger partial charge in [-0.05, 0) is 63.2 Å². The van der Waals surface area contributed by atoms with Crippen LogP contribution in [0.1, 0.15) is 26.0 Å². The van der Waals surface area contributed by atoms with Crippen molar-refractivity contribution in [1.82, 2.24) is 9.13 Å². The molecule has 12 aromatic rings. The lowest BCUT2D eigenvalue weighted by Crippen LogP contribution is -2.74. The third-order valence-electron chi connectivity index (χ3n) is 10.9. The van der Waals surface area contributed by atoms with Crippen LogP contribution >= 0.6 is 0 Å². The Morgan fingerprint density at radius 2 is 0.897 bits per heavy atom. The van der Waals surface area contributed by atoms with E-state index in [9.17, 15) is 13.7 Å². The van der Waals surface area contributed by atoms with Crippen LogP contribution in [0.25, 0.3) is 76.9 Å². The Kier molecular flexibility index (Phi) is 4.23. The predicted octanol–water partition coefficient (Wildman–Crippen LogP) is 11.2. The highest BCUT2D eigenvalue weighted by atomic mass is 28.3.